The van der Waals surface area contributed by atoms with Gasteiger partial charge in [-0.1, -0.05) is 17.7 Å². The van der Waals surface area contributed by atoms with Crippen molar-refractivity contribution in [3.05, 3.63) is 35.1 Å². The van der Waals surface area contributed by atoms with Crippen molar-refractivity contribution >= 4 is 0 Å². The van der Waals surface area contributed by atoms with Crippen LogP contribution in [0.4, 0.5) is 4.39 Å². The first-order chi connectivity index (χ1) is 8.62. The lowest BCUT2D eigenvalue weighted by Crippen LogP contribution is -2.33. The van der Waals surface area contributed by atoms with Crippen molar-refractivity contribution in [1.29, 1.82) is 0 Å². The SMILES string of the molecule is Cc1ccc(F)c(C(O)C2CC(C)(C)OC2(C)C)c1. The Balaban J connectivity index is 2.34. The fraction of sp³-hybridized carbons (Fsp3) is 0.625. The number of benzene rings is 1. The maximum Gasteiger partial charge on any atom is 0.129 e. The Labute approximate surface area is 114 Å². The van der Waals surface area contributed by atoms with Crippen molar-refractivity contribution in [3.8, 4) is 0 Å². The van der Waals surface area contributed by atoms with Gasteiger partial charge in [-0.2, -0.15) is 0 Å². The third-order valence-electron chi connectivity index (χ3n) is 4.00. The quantitative estimate of drug-likeness (QED) is 0.883. The predicted molar refractivity (Wildman–Crippen MR) is 73.4 cm³/mol. The highest BCUT2D eigenvalue weighted by Gasteiger charge is 2.49. The Morgan fingerprint density at radius 3 is 2.47 bits per heavy atom. The maximum atomic E-state index is 13.9. The average Bonchev–Trinajstić information content (AvgIpc) is 2.49. The van der Waals surface area contributed by atoms with Gasteiger partial charge in [-0.15, -0.1) is 0 Å². The van der Waals surface area contributed by atoms with Crippen LogP contribution >= 0.6 is 0 Å². The predicted octanol–water partition coefficient (Wildman–Crippen LogP) is 3.76. The zero-order chi connectivity index (χ0) is 14.4. The number of rotatable bonds is 2. The number of hydrogen-bond acceptors (Lipinski definition) is 2. The van der Waals surface area contributed by atoms with E-state index < -0.39 is 11.7 Å². The molecule has 2 atom stereocenters. The summed E-state index contributed by atoms with van der Waals surface area (Å²) in [5.74, 6) is -0.461. The molecule has 0 saturated carbocycles. The van der Waals surface area contributed by atoms with Crippen LogP contribution in [0.5, 0.6) is 0 Å². The van der Waals surface area contributed by atoms with Gasteiger partial charge in [-0.3, -0.25) is 0 Å². The number of aliphatic hydroxyl groups is 1. The third-order valence-corrected chi connectivity index (χ3v) is 4.00. The van der Waals surface area contributed by atoms with Gasteiger partial charge < -0.3 is 9.84 Å². The van der Waals surface area contributed by atoms with E-state index in [-0.39, 0.29) is 17.3 Å². The molecule has 0 aromatic heterocycles. The highest BCUT2D eigenvalue weighted by molar-refractivity contribution is 5.27. The summed E-state index contributed by atoms with van der Waals surface area (Å²) in [6.07, 6.45) is -0.120. The number of aliphatic hydroxyl groups excluding tert-OH is 1. The Morgan fingerprint density at radius 1 is 1.32 bits per heavy atom. The van der Waals surface area contributed by atoms with Crippen molar-refractivity contribution in [2.45, 2.75) is 58.3 Å². The molecule has 19 heavy (non-hydrogen) atoms. The zero-order valence-electron chi connectivity index (χ0n) is 12.3. The standard InChI is InChI=1S/C16H23FO2/c1-10-6-7-13(17)11(8-10)14(18)12-9-15(2,3)19-16(12,4)5/h6-8,12,14,18H,9H2,1-5H3. The van der Waals surface area contributed by atoms with Crippen molar-refractivity contribution in [1.82, 2.24) is 0 Å². The fourth-order valence-corrected chi connectivity index (χ4v) is 3.20. The molecular formula is C16H23FO2. The molecule has 0 aliphatic carbocycles. The molecule has 3 heteroatoms. The highest BCUT2D eigenvalue weighted by atomic mass is 19.1. The van der Waals surface area contributed by atoms with Crippen molar-refractivity contribution < 1.29 is 14.2 Å². The fourth-order valence-electron chi connectivity index (χ4n) is 3.20. The van der Waals surface area contributed by atoms with Crippen LogP contribution in [0, 0.1) is 18.7 Å². The minimum atomic E-state index is -0.836. The van der Waals surface area contributed by atoms with E-state index in [4.69, 9.17) is 4.74 Å². The first-order valence-electron chi connectivity index (χ1n) is 6.77. The van der Waals surface area contributed by atoms with Gasteiger partial charge in [0.25, 0.3) is 0 Å². The molecule has 1 aliphatic rings. The van der Waals surface area contributed by atoms with Crippen LogP contribution in [0.2, 0.25) is 0 Å². The molecule has 1 heterocycles. The summed E-state index contributed by atoms with van der Waals surface area (Å²) in [6.45, 7) is 9.84. The lowest BCUT2D eigenvalue weighted by atomic mass is 9.80. The van der Waals surface area contributed by atoms with Crippen LogP contribution in [0.25, 0.3) is 0 Å². The molecule has 1 fully saturated rings. The van der Waals surface area contributed by atoms with Gasteiger partial charge in [0.05, 0.1) is 17.3 Å². The van der Waals surface area contributed by atoms with Crippen LogP contribution < -0.4 is 0 Å². The minimum Gasteiger partial charge on any atom is -0.388 e. The second kappa shape index (κ2) is 4.57. The summed E-state index contributed by atoms with van der Waals surface area (Å²) in [6, 6.07) is 4.86. The van der Waals surface area contributed by atoms with Crippen molar-refractivity contribution in [2.24, 2.45) is 5.92 Å². The summed E-state index contributed by atoms with van der Waals surface area (Å²) in [5, 5.41) is 10.6. The molecule has 2 rings (SSSR count). The number of aryl methyl sites for hydroxylation is 1. The number of ether oxygens (including phenoxy) is 1. The number of halogens is 1. The second-order valence-electron chi connectivity index (χ2n) is 6.75. The molecule has 0 radical (unpaired) electrons. The Morgan fingerprint density at radius 2 is 1.95 bits per heavy atom. The summed E-state index contributed by atoms with van der Waals surface area (Å²) < 4.78 is 19.9. The van der Waals surface area contributed by atoms with Gasteiger partial charge in [0.15, 0.2) is 0 Å². The van der Waals surface area contributed by atoms with Gasteiger partial charge in [-0.25, -0.2) is 4.39 Å². The molecular weight excluding hydrogens is 243 g/mol. The van der Waals surface area contributed by atoms with E-state index in [1.165, 1.54) is 6.07 Å². The van der Waals surface area contributed by atoms with E-state index in [1.807, 2.05) is 34.6 Å². The summed E-state index contributed by atoms with van der Waals surface area (Å²) in [7, 11) is 0. The summed E-state index contributed by atoms with van der Waals surface area (Å²) in [4.78, 5) is 0. The molecule has 1 aromatic carbocycles. The van der Waals surface area contributed by atoms with Crippen LogP contribution in [-0.4, -0.2) is 16.3 Å². The van der Waals surface area contributed by atoms with Gasteiger partial charge in [0, 0.05) is 11.5 Å². The minimum absolute atomic E-state index is 0.112. The van der Waals surface area contributed by atoms with Gasteiger partial charge in [-0.05, 0) is 47.1 Å². The van der Waals surface area contributed by atoms with E-state index in [1.54, 1.807) is 12.1 Å². The van der Waals surface area contributed by atoms with E-state index >= 15 is 0 Å². The topological polar surface area (TPSA) is 29.5 Å². The number of hydrogen-bond donors (Lipinski definition) is 1. The molecule has 1 aromatic rings. The second-order valence-corrected chi connectivity index (χ2v) is 6.75. The molecule has 0 bridgehead atoms. The zero-order valence-corrected chi connectivity index (χ0v) is 12.3. The Bertz CT molecular complexity index is 480. The Kier molecular flexibility index (Phi) is 3.48. The highest BCUT2D eigenvalue weighted by Crippen LogP contribution is 2.47. The Hall–Kier alpha value is -0.930. The molecule has 0 amide bonds. The molecule has 1 aliphatic heterocycles. The van der Waals surface area contributed by atoms with E-state index in [0.717, 1.165) is 5.56 Å². The van der Waals surface area contributed by atoms with Crippen LogP contribution in [-0.2, 0) is 4.74 Å². The molecule has 2 nitrogen and oxygen atoms in total. The normalized spacial score (nSPS) is 26.4. The van der Waals surface area contributed by atoms with Gasteiger partial charge in [0.1, 0.15) is 5.82 Å². The molecule has 0 spiro atoms. The van der Waals surface area contributed by atoms with Crippen molar-refractivity contribution in [3.63, 3.8) is 0 Å². The maximum absolute atomic E-state index is 13.9. The van der Waals surface area contributed by atoms with Crippen LogP contribution in [0.15, 0.2) is 18.2 Å². The average molecular weight is 266 g/mol. The van der Waals surface area contributed by atoms with Crippen molar-refractivity contribution in [2.75, 3.05) is 0 Å². The molecule has 106 valence electrons. The van der Waals surface area contributed by atoms with Gasteiger partial charge in [0.2, 0.25) is 0 Å². The largest absolute Gasteiger partial charge is 0.388 e. The van der Waals surface area contributed by atoms with Gasteiger partial charge >= 0.3 is 0 Å². The summed E-state index contributed by atoms with van der Waals surface area (Å²) in [5.41, 5.74) is 0.583. The van der Waals surface area contributed by atoms with Crippen LogP contribution in [0.3, 0.4) is 0 Å². The molecule has 1 saturated heterocycles. The first kappa shape index (κ1) is 14.5. The van der Waals surface area contributed by atoms with E-state index in [0.29, 0.717) is 12.0 Å². The smallest absolute Gasteiger partial charge is 0.129 e. The third kappa shape index (κ3) is 2.82. The molecule has 2 unspecified atom stereocenters. The van der Waals surface area contributed by atoms with Crippen LogP contribution in [0.1, 0.15) is 51.3 Å². The first-order valence-corrected chi connectivity index (χ1v) is 6.77. The summed E-state index contributed by atoms with van der Waals surface area (Å²) >= 11 is 0. The lowest BCUT2D eigenvalue weighted by Gasteiger charge is -2.30. The van der Waals surface area contributed by atoms with E-state index in [9.17, 15) is 9.50 Å². The monoisotopic (exact) mass is 266 g/mol. The molecule has 1 N–H and O–H groups in total. The lowest BCUT2D eigenvalue weighted by molar-refractivity contribution is -0.0882. The van der Waals surface area contributed by atoms with E-state index in [2.05, 4.69) is 0 Å².